The molecule has 6 nitrogen and oxygen atoms in total. The van der Waals surface area contributed by atoms with Crippen LogP contribution in [-0.4, -0.2) is 48.3 Å². The second-order valence-corrected chi connectivity index (χ2v) is 6.16. The number of benzene rings is 1. The molecule has 1 atom stereocenters. The largest absolute Gasteiger partial charge is 0.486 e. The summed E-state index contributed by atoms with van der Waals surface area (Å²) in [5.74, 6) is 2.46. The number of nitrogens with one attached hydrogen (secondary N) is 1. The van der Waals surface area contributed by atoms with E-state index < -0.39 is 0 Å². The zero-order chi connectivity index (χ0) is 17.6. The number of aryl methyl sites for hydroxylation is 1. The second kappa shape index (κ2) is 9.70. The smallest absolute Gasteiger partial charge is 0.194 e. The van der Waals surface area contributed by atoms with Crippen molar-refractivity contribution in [2.45, 2.75) is 19.6 Å². The average Bonchev–Trinajstić information content (AvgIpc) is 3.03. The molecule has 0 saturated carbocycles. The van der Waals surface area contributed by atoms with Crippen molar-refractivity contribution < 1.29 is 9.47 Å². The maximum Gasteiger partial charge on any atom is 0.194 e. The number of fused-ring (bicyclic) bond motifs is 1. The first-order valence-electron chi connectivity index (χ1n) is 8.65. The van der Waals surface area contributed by atoms with Crippen molar-refractivity contribution in [3.05, 3.63) is 48.3 Å². The molecule has 7 heteroatoms. The number of rotatable bonds is 5. The summed E-state index contributed by atoms with van der Waals surface area (Å²) in [6.07, 6.45) is 1.98. The van der Waals surface area contributed by atoms with Crippen LogP contribution in [0.15, 0.2) is 47.6 Å². The molecule has 2 aromatic rings. The lowest BCUT2D eigenvalue weighted by molar-refractivity contribution is 0.0969. The number of nitrogens with zero attached hydrogens (tertiary/aromatic N) is 3. The maximum absolute atomic E-state index is 5.98. The van der Waals surface area contributed by atoms with Gasteiger partial charge in [0, 0.05) is 32.5 Å². The average molecular weight is 470 g/mol. The number of aromatic nitrogens is 1. The predicted octanol–water partition coefficient (Wildman–Crippen LogP) is 2.88. The van der Waals surface area contributed by atoms with Gasteiger partial charge in [0.1, 0.15) is 6.61 Å². The van der Waals surface area contributed by atoms with E-state index in [2.05, 4.69) is 47.1 Å². The minimum atomic E-state index is -0.0769. The summed E-state index contributed by atoms with van der Waals surface area (Å²) in [6.45, 7) is 4.75. The van der Waals surface area contributed by atoms with Crippen LogP contribution in [0, 0.1) is 0 Å². The van der Waals surface area contributed by atoms with E-state index in [0.29, 0.717) is 13.2 Å². The first-order chi connectivity index (χ1) is 12.2. The molecule has 2 heterocycles. The van der Waals surface area contributed by atoms with Gasteiger partial charge in [-0.2, -0.15) is 0 Å². The maximum atomic E-state index is 5.98. The van der Waals surface area contributed by atoms with E-state index in [-0.39, 0.29) is 30.1 Å². The van der Waals surface area contributed by atoms with Gasteiger partial charge < -0.3 is 24.3 Å². The van der Waals surface area contributed by atoms with E-state index in [1.54, 1.807) is 0 Å². The van der Waals surface area contributed by atoms with Crippen molar-refractivity contribution >= 4 is 29.9 Å². The third-order valence-electron chi connectivity index (χ3n) is 4.16. The number of para-hydroxylation sites is 2. The van der Waals surface area contributed by atoms with Crippen LogP contribution in [-0.2, 0) is 13.6 Å². The van der Waals surface area contributed by atoms with Gasteiger partial charge in [0.05, 0.1) is 13.1 Å². The van der Waals surface area contributed by atoms with Crippen molar-refractivity contribution in [1.29, 1.82) is 0 Å². The van der Waals surface area contributed by atoms with Gasteiger partial charge in [0.2, 0.25) is 0 Å². The van der Waals surface area contributed by atoms with Gasteiger partial charge in [-0.25, -0.2) is 4.99 Å². The van der Waals surface area contributed by atoms with Gasteiger partial charge in [-0.15, -0.1) is 24.0 Å². The third-order valence-corrected chi connectivity index (χ3v) is 4.16. The molecule has 1 aromatic heterocycles. The highest BCUT2D eigenvalue weighted by molar-refractivity contribution is 14.0. The molecule has 0 bridgehead atoms. The van der Waals surface area contributed by atoms with Gasteiger partial charge in [-0.1, -0.05) is 12.1 Å². The summed E-state index contributed by atoms with van der Waals surface area (Å²) in [4.78, 5) is 6.86. The quantitative estimate of drug-likeness (QED) is 0.415. The molecule has 0 amide bonds. The molecule has 1 unspecified atom stereocenters. The molecule has 3 rings (SSSR count). The van der Waals surface area contributed by atoms with E-state index in [9.17, 15) is 0 Å². The van der Waals surface area contributed by atoms with Gasteiger partial charge in [-0.05, 0) is 31.2 Å². The molecule has 0 radical (unpaired) electrons. The molecule has 26 heavy (non-hydrogen) atoms. The van der Waals surface area contributed by atoms with Crippen molar-refractivity contribution in [3.8, 4) is 11.5 Å². The molecule has 1 aromatic carbocycles. The Morgan fingerprint density at radius 3 is 2.73 bits per heavy atom. The van der Waals surface area contributed by atoms with Crippen molar-refractivity contribution in [2.24, 2.45) is 12.0 Å². The minimum Gasteiger partial charge on any atom is -0.486 e. The molecule has 0 saturated heterocycles. The molecule has 0 fully saturated rings. The highest BCUT2D eigenvalue weighted by Crippen LogP contribution is 2.30. The lowest BCUT2D eigenvalue weighted by Gasteiger charge is -2.27. The summed E-state index contributed by atoms with van der Waals surface area (Å²) in [5.41, 5.74) is 1.24. The van der Waals surface area contributed by atoms with Crippen LogP contribution in [0.2, 0.25) is 0 Å². The normalized spacial score (nSPS) is 16.0. The summed E-state index contributed by atoms with van der Waals surface area (Å²) in [7, 11) is 4.10. The SMILES string of the molecule is CCNC(=NCC1COc2ccccc2O1)N(C)Cc1cccn1C.I. The predicted molar refractivity (Wildman–Crippen MR) is 115 cm³/mol. The van der Waals surface area contributed by atoms with Gasteiger partial charge >= 0.3 is 0 Å². The minimum absolute atomic E-state index is 0. The van der Waals surface area contributed by atoms with E-state index in [4.69, 9.17) is 14.5 Å². The standard InChI is InChI=1S/C19H26N4O2.HI/c1-4-20-19(23(3)13-15-8-7-11-22(15)2)21-12-16-14-24-17-9-5-6-10-18(17)25-16;/h5-11,16H,4,12-14H2,1-3H3,(H,20,21);1H. The Balaban J connectivity index is 0.00000243. The summed E-state index contributed by atoms with van der Waals surface area (Å²) in [6, 6.07) is 11.9. The van der Waals surface area contributed by atoms with Crippen molar-refractivity contribution in [2.75, 3.05) is 26.7 Å². The Labute approximate surface area is 172 Å². The lowest BCUT2D eigenvalue weighted by Crippen LogP contribution is -2.40. The number of halogens is 1. The van der Waals surface area contributed by atoms with Gasteiger partial charge in [0.25, 0.3) is 0 Å². The molecular weight excluding hydrogens is 443 g/mol. The zero-order valence-electron chi connectivity index (χ0n) is 15.5. The highest BCUT2D eigenvalue weighted by atomic mass is 127. The Hall–Kier alpha value is -1.90. The Morgan fingerprint density at radius 2 is 2.04 bits per heavy atom. The number of ether oxygens (including phenoxy) is 2. The summed E-state index contributed by atoms with van der Waals surface area (Å²) >= 11 is 0. The van der Waals surface area contributed by atoms with Crippen LogP contribution in [0.3, 0.4) is 0 Å². The topological polar surface area (TPSA) is 51.0 Å². The number of hydrogen-bond donors (Lipinski definition) is 1. The first kappa shape index (κ1) is 20.4. The van der Waals surface area contributed by atoms with Crippen LogP contribution >= 0.6 is 24.0 Å². The molecule has 142 valence electrons. The molecule has 1 aliphatic heterocycles. The Kier molecular flexibility index (Phi) is 7.62. The number of guanidine groups is 1. The van der Waals surface area contributed by atoms with Gasteiger partial charge in [-0.3, -0.25) is 0 Å². The Morgan fingerprint density at radius 1 is 1.27 bits per heavy atom. The van der Waals surface area contributed by atoms with Crippen molar-refractivity contribution in [1.82, 2.24) is 14.8 Å². The third kappa shape index (κ3) is 5.06. The number of hydrogen-bond acceptors (Lipinski definition) is 3. The van der Waals surface area contributed by atoms with E-state index in [1.807, 2.05) is 31.3 Å². The van der Waals surface area contributed by atoms with Gasteiger partial charge in [0.15, 0.2) is 23.6 Å². The molecule has 0 aliphatic carbocycles. The van der Waals surface area contributed by atoms with E-state index >= 15 is 0 Å². The Bertz CT molecular complexity index is 732. The highest BCUT2D eigenvalue weighted by Gasteiger charge is 2.20. The van der Waals surface area contributed by atoms with Crippen LogP contribution in [0.5, 0.6) is 11.5 Å². The fourth-order valence-electron chi connectivity index (χ4n) is 2.79. The molecular formula is C19H27IN4O2. The van der Waals surface area contributed by atoms with Crippen LogP contribution in [0.25, 0.3) is 0 Å². The summed E-state index contributed by atoms with van der Waals surface area (Å²) < 4.78 is 13.9. The van der Waals surface area contributed by atoms with E-state index in [1.165, 1.54) is 5.69 Å². The number of aliphatic imine (C=N–C) groups is 1. The van der Waals surface area contributed by atoms with Crippen LogP contribution in [0.4, 0.5) is 0 Å². The summed E-state index contributed by atoms with van der Waals surface area (Å²) in [5, 5.41) is 3.34. The monoisotopic (exact) mass is 470 g/mol. The fourth-order valence-corrected chi connectivity index (χ4v) is 2.79. The first-order valence-corrected chi connectivity index (χ1v) is 8.65. The lowest BCUT2D eigenvalue weighted by atomic mass is 10.2. The van der Waals surface area contributed by atoms with Crippen LogP contribution < -0.4 is 14.8 Å². The molecule has 0 spiro atoms. The molecule has 1 N–H and O–H groups in total. The van der Waals surface area contributed by atoms with Crippen LogP contribution in [0.1, 0.15) is 12.6 Å². The zero-order valence-corrected chi connectivity index (χ0v) is 17.8. The second-order valence-electron chi connectivity index (χ2n) is 6.16. The van der Waals surface area contributed by atoms with Crippen molar-refractivity contribution in [3.63, 3.8) is 0 Å². The fraction of sp³-hybridized carbons (Fsp3) is 0.421. The molecule has 1 aliphatic rings. The van der Waals surface area contributed by atoms with E-state index in [0.717, 1.165) is 30.5 Å².